The quantitative estimate of drug-likeness (QED) is 0.769. The number of nitrogens with zero attached hydrogens (tertiary/aromatic N) is 2. The lowest BCUT2D eigenvalue weighted by molar-refractivity contribution is 0.0428. The molecule has 4 nitrogen and oxygen atoms in total. The minimum absolute atomic E-state index is 0.195. The second kappa shape index (κ2) is 9.90. The van der Waals surface area contributed by atoms with E-state index in [2.05, 4.69) is 9.80 Å². The van der Waals surface area contributed by atoms with Gasteiger partial charge in [0.15, 0.2) is 0 Å². The largest absolute Gasteiger partial charge is 0.395 e. The van der Waals surface area contributed by atoms with E-state index in [9.17, 15) is 8.78 Å². The predicted molar refractivity (Wildman–Crippen MR) is 101 cm³/mol. The van der Waals surface area contributed by atoms with Crippen LogP contribution in [0.5, 0.6) is 0 Å². The molecular formula is C21H26F2N2O2. The molecule has 1 saturated heterocycles. The third-order valence-corrected chi connectivity index (χ3v) is 4.92. The first-order valence-electron chi connectivity index (χ1n) is 9.34. The van der Waals surface area contributed by atoms with E-state index in [-0.39, 0.29) is 24.3 Å². The summed E-state index contributed by atoms with van der Waals surface area (Å²) in [5, 5.41) is 9.02. The maximum absolute atomic E-state index is 13.3. The zero-order valence-electron chi connectivity index (χ0n) is 15.4. The molecule has 3 rings (SSSR count). The van der Waals surface area contributed by atoms with Crippen LogP contribution >= 0.6 is 0 Å². The summed E-state index contributed by atoms with van der Waals surface area (Å²) in [6.45, 7) is 6.02. The van der Waals surface area contributed by atoms with Crippen LogP contribution in [0.2, 0.25) is 0 Å². The van der Waals surface area contributed by atoms with Crippen molar-refractivity contribution in [3.05, 3.63) is 71.3 Å². The van der Waals surface area contributed by atoms with Gasteiger partial charge >= 0.3 is 0 Å². The number of aliphatic hydroxyl groups excluding tert-OH is 1. The van der Waals surface area contributed by atoms with Gasteiger partial charge in [0.25, 0.3) is 0 Å². The SMILES string of the molecule is OCCN1CCN(CCOC(c2ccc(F)cc2)c2ccc(F)cc2)CC1. The van der Waals surface area contributed by atoms with E-state index in [0.29, 0.717) is 6.61 Å². The highest BCUT2D eigenvalue weighted by molar-refractivity contribution is 5.30. The van der Waals surface area contributed by atoms with Crippen molar-refractivity contribution < 1.29 is 18.6 Å². The van der Waals surface area contributed by atoms with Gasteiger partial charge in [-0.3, -0.25) is 9.80 Å². The van der Waals surface area contributed by atoms with Gasteiger partial charge in [0.05, 0.1) is 13.2 Å². The molecule has 1 heterocycles. The Bertz CT molecular complexity index is 641. The maximum atomic E-state index is 13.3. The molecule has 1 aliphatic rings. The monoisotopic (exact) mass is 376 g/mol. The molecule has 0 atom stereocenters. The van der Waals surface area contributed by atoms with Gasteiger partial charge in [-0.25, -0.2) is 8.78 Å². The number of halogens is 2. The van der Waals surface area contributed by atoms with Crippen LogP contribution in [-0.2, 0) is 4.74 Å². The molecule has 0 unspecified atom stereocenters. The third kappa shape index (κ3) is 5.81. The van der Waals surface area contributed by atoms with Crippen molar-refractivity contribution in [1.29, 1.82) is 0 Å². The number of β-amino-alcohol motifs (C(OH)–C–C–N with tert-alkyl or cyclic N) is 1. The number of hydrogen-bond acceptors (Lipinski definition) is 4. The minimum Gasteiger partial charge on any atom is -0.395 e. The van der Waals surface area contributed by atoms with Gasteiger partial charge in [0.1, 0.15) is 17.7 Å². The van der Waals surface area contributed by atoms with Gasteiger partial charge in [-0.1, -0.05) is 24.3 Å². The van der Waals surface area contributed by atoms with Crippen molar-refractivity contribution in [2.24, 2.45) is 0 Å². The lowest BCUT2D eigenvalue weighted by Gasteiger charge is -2.34. The smallest absolute Gasteiger partial charge is 0.123 e. The summed E-state index contributed by atoms with van der Waals surface area (Å²) in [4.78, 5) is 4.58. The highest BCUT2D eigenvalue weighted by Crippen LogP contribution is 2.26. The highest BCUT2D eigenvalue weighted by Gasteiger charge is 2.18. The Labute approximate surface area is 159 Å². The summed E-state index contributed by atoms with van der Waals surface area (Å²) < 4.78 is 32.7. The Kier molecular flexibility index (Phi) is 7.29. The summed E-state index contributed by atoms with van der Waals surface area (Å²) in [7, 11) is 0. The van der Waals surface area contributed by atoms with Crippen molar-refractivity contribution in [1.82, 2.24) is 9.80 Å². The van der Waals surface area contributed by atoms with Crippen molar-refractivity contribution in [3.63, 3.8) is 0 Å². The second-order valence-corrected chi connectivity index (χ2v) is 6.76. The molecule has 146 valence electrons. The van der Waals surface area contributed by atoms with Crippen LogP contribution in [0, 0.1) is 11.6 Å². The zero-order valence-corrected chi connectivity index (χ0v) is 15.4. The van der Waals surface area contributed by atoms with Crippen molar-refractivity contribution in [2.75, 3.05) is 52.5 Å². The molecule has 0 aliphatic carbocycles. The molecule has 1 fully saturated rings. The van der Waals surface area contributed by atoms with Crippen molar-refractivity contribution in [2.45, 2.75) is 6.10 Å². The van der Waals surface area contributed by atoms with Crippen molar-refractivity contribution >= 4 is 0 Å². The molecule has 2 aromatic carbocycles. The zero-order chi connectivity index (χ0) is 19.1. The average molecular weight is 376 g/mol. The van der Waals surface area contributed by atoms with Crippen LogP contribution < -0.4 is 0 Å². The summed E-state index contributed by atoms with van der Waals surface area (Å²) in [6.07, 6.45) is -0.359. The third-order valence-electron chi connectivity index (χ3n) is 4.92. The Morgan fingerprint density at radius 3 is 1.67 bits per heavy atom. The van der Waals surface area contributed by atoms with Crippen LogP contribution in [0.1, 0.15) is 17.2 Å². The fourth-order valence-electron chi connectivity index (χ4n) is 3.34. The highest BCUT2D eigenvalue weighted by atomic mass is 19.1. The predicted octanol–water partition coefficient (Wildman–Crippen LogP) is 2.68. The first-order valence-corrected chi connectivity index (χ1v) is 9.34. The number of rotatable bonds is 8. The van der Waals surface area contributed by atoms with Crippen LogP contribution in [0.4, 0.5) is 8.78 Å². The fraction of sp³-hybridized carbons (Fsp3) is 0.429. The van der Waals surface area contributed by atoms with E-state index < -0.39 is 0 Å². The molecule has 0 bridgehead atoms. The number of piperazine rings is 1. The van der Waals surface area contributed by atoms with E-state index in [1.807, 2.05) is 0 Å². The van der Waals surface area contributed by atoms with Crippen LogP contribution in [0.15, 0.2) is 48.5 Å². The lowest BCUT2D eigenvalue weighted by atomic mass is 10.0. The normalized spacial score (nSPS) is 16.1. The Balaban J connectivity index is 1.59. The Morgan fingerprint density at radius 1 is 0.778 bits per heavy atom. The van der Waals surface area contributed by atoms with E-state index in [1.165, 1.54) is 24.3 Å². The first kappa shape index (κ1) is 19.9. The molecule has 0 radical (unpaired) electrons. The van der Waals surface area contributed by atoms with Gasteiger partial charge < -0.3 is 9.84 Å². The van der Waals surface area contributed by atoms with E-state index in [4.69, 9.17) is 9.84 Å². The van der Waals surface area contributed by atoms with Gasteiger partial charge in [-0.05, 0) is 35.4 Å². The maximum Gasteiger partial charge on any atom is 0.123 e. The van der Waals surface area contributed by atoms with E-state index in [0.717, 1.165) is 50.4 Å². The summed E-state index contributed by atoms with van der Waals surface area (Å²) in [5.41, 5.74) is 1.69. The molecule has 27 heavy (non-hydrogen) atoms. The Morgan fingerprint density at radius 2 is 1.22 bits per heavy atom. The molecule has 0 aromatic heterocycles. The molecule has 0 saturated carbocycles. The molecule has 1 aliphatic heterocycles. The topological polar surface area (TPSA) is 35.9 Å². The summed E-state index contributed by atoms with van der Waals surface area (Å²) in [6, 6.07) is 12.5. The van der Waals surface area contributed by atoms with E-state index >= 15 is 0 Å². The summed E-state index contributed by atoms with van der Waals surface area (Å²) >= 11 is 0. The number of ether oxygens (including phenoxy) is 1. The molecule has 2 aromatic rings. The minimum atomic E-state index is -0.359. The van der Waals surface area contributed by atoms with Crippen LogP contribution in [-0.4, -0.2) is 67.4 Å². The number of aliphatic hydroxyl groups is 1. The van der Waals surface area contributed by atoms with Gasteiger partial charge in [0, 0.05) is 39.3 Å². The summed E-state index contributed by atoms with van der Waals surface area (Å²) in [5.74, 6) is -0.588. The van der Waals surface area contributed by atoms with Gasteiger partial charge in [0.2, 0.25) is 0 Å². The standard InChI is InChI=1S/C21H26F2N2O2/c22-19-5-1-17(2-6-19)21(18-3-7-20(23)8-4-18)27-16-14-25-11-9-24(10-12-25)13-15-26/h1-8,21,26H,9-16H2. The average Bonchev–Trinajstić information content (AvgIpc) is 2.69. The molecule has 1 N–H and O–H groups in total. The molecule has 6 heteroatoms. The first-order chi connectivity index (χ1) is 13.2. The van der Waals surface area contributed by atoms with Gasteiger partial charge in [-0.2, -0.15) is 0 Å². The van der Waals surface area contributed by atoms with Gasteiger partial charge in [-0.15, -0.1) is 0 Å². The number of hydrogen-bond donors (Lipinski definition) is 1. The van der Waals surface area contributed by atoms with Crippen LogP contribution in [0.3, 0.4) is 0 Å². The molecule has 0 amide bonds. The molecular weight excluding hydrogens is 350 g/mol. The molecule has 0 spiro atoms. The number of benzene rings is 2. The van der Waals surface area contributed by atoms with Crippen molar-refractivity contribution in [3.8, 4) is 0 Å². The van der Waals surface area contributed by atoms with Crippen LogP contribution in [0.25, 0.3) is 0 Å². The fourth-order valence-corrected chi connectivity index (χ4v) is 3.34. The second-order valence-electron chi connectivity index (χ2n) is 6.76. The van der Waals surface area contributed by atoms with E-state index in [1.54, 1.807) is 24.3 Å². The Hall–Kier alpha value is -1.86. The lowest BCUT2D eigenvalue weighted by Crippen LogP contribution is -2.48.